The molecule has 0 N–H and O–H groups in total. The van der Waals surface area contributed by atoms with E-state index in [1.54, 1.807) is 6.07 Å². The lowest BCUT2D eigenvalue weighted by molar-refractivity contribution is -0.385. The number of nitro benzene ring substituents is 1. The maximum atomic E-state index is 10.7. The smallest absolute Gasteiger partial charge is 0.273 e. The third-order valence-electron chi connectivity index (χ3n) is 3.14. The minimum Gasteiger partial charge on any atom is -0.492 e. The summed E-state index contributed by atoms with van der Waals surface area (Å²) in [7, 11) is 0. The Hall–Kier alpha value is -1.10. The van der Waals surface area contributed by atoms with Crippen LogP contribution in [0, 0.1) is 16.0 Å². The summed E-state index contributed by atoms with van der Waals surface area (Å²) >= 11 is 3.36. The van der Waals surface area contributed by atoms with Gasteiger partial charge in [0.25, 0.3) is 5.69 Å². The Balaban J connectivity index is 2.65. The van der Waals surface area contributed by atoms with Crippen molar-refractivity contribution in [1.82, 2.24) is 0 Å². The van der Waals surface area contributed by atoms with Crippen molar-refractivity contribution in [2.75, 3.05) is 6.61 Å². The van der Waals surface area contributed by atoms with Gasteiger partial charge in [-0.2, -0.15) is 0 Å². The van der Waals surface area contributed by atoms with Crippen molar-refractivity contribution >= 4 is 21.6 Å². The number of unbranched alkanes of at least 4 members (excludes halogenated alkanes) is 1. The maximum absolute atomic E-state index is 10.7. The average Bonchev–Trinajstić information content (AvgIpc) is 2.40. The fraction of sp³-hybridized carbons (Fsp3) is 0.571. The topological polar surface area (TPSA) is 52.4 Å². The standard InChI is InChI=1S/C14H20BrNO3/c1-3-5-6-11(4-2)10-19-14-9-12(16(17)18)7-8-13(14)15/h7-9,11H,3-6,10H2,1-2H3. The summed E-state index contributed by atoms with van der Waals surface area (Å²) in [5, 5.41) is 10.7. The molecule has 0 spiro atoms. The van der Waals surface area contributed by atoms with Crippen LogP contribution in [-0.2, 0) is 0 Å². The fourth-order valence-electron chi connectivity index (χ4n) is 1.82. The van der Waals surface area contributed by atoms with E-state index in [4.69, 9.17) is 4.74 Å². The SMILES string of the molecule is CCCCC(CC)COc1cc([N+](=O)[O-])ccc1Br. The van der Waals surface area contributed by atoms with Crippen LogP contribution in [0.5, 0.6) is 5.75 Å². The van der Waals surface area contributed by atoms with E-state index in [-0.39, 0.29) is 5.69 Å². The first kappa shape index (κ1) is 16.0. The highest BCUT2D eigenvalue weighted by atomic mass is 79.9. The number of ether oxygens (including phenoxy) is 1. The number of hydrogen-bond acceptors (Lipinski definition) is 3. The molecule has 4 nitrogen and oxygen atoms in total. The molecule has 0 fully saturated rings. The zero-order valence-corrected chi connectivity index (χ0v) is 13.0. The summed E-state index contributed by atoms with van der Waals surface area (Å²) < 4.78 is 6.48. The van der Waals surface area contributed by atoms with Gasteiger partial charge >= 0.3 is 0 Å². The van der Waals surface area contributed by atoms with Crippen LogP contribution in [-0.4, -0.2) is 11.5 Å². The molecule has 0 radical (unpaired) electrons. The molecule has 0 aliphatic heterocycles. The van der Waals surface area contributed by atoms with Gasteiger partial charge in [0, 0.05) is 6.07 Å². The largest absolute Gasteiger partial charge is 0.492 e. The molecule has 0 aliphatic rings. The molecule has 1 aromatic carbocycles. The molecule has 1 atom stereocenters. The zero-order valence-electron chi connectivity index (χ0n) is 11.4. The molecule has 1 unspecified atom stereocenters. The Morgan fingerprint density at radius 2 is 2.16 bits per heavy atom. The van der Waals surface area contributed by atoms with Gasteiger partial charge in [0.15, 0.2) is 0 Å². The Morgan fingerprint density at radius 1 is 1.42 bits per heavy atom. The Labute approximate surface area is 122 Å². The van der Waals surface area contributed by atoms with Crippen molar-refractivity contribution in [3.63, 3.8) is 0 Å². The lowest BCUT2D eigenvalue weighted by atomic mass is 10.0. The number of rotatable bonds is 8. The quantitative estimate of drug-likeness (QED) is 0.500. The summed E-state index contributed by atoms with van der Waals surface area (Å²) in [6.45, 7) is 4.92. The van der Waals surface area contributed by atoms with Crippen LogP contribution >= 0.6 is 15.9 Å². The fourth-order valence-corrected chi connectivity index (χ4v) is 2.18. The molecule has 1 aromatic rings. The van der Waals surface area contributed by atoms with Gasteiger partial charge in [-0.3, -0.25) is 10.1 Å². The molecular weight excluding hydrogens is 310 g/mol. The maximum Gasteiger partial charge on any atom is 0.273 e. The molecular formula is C14H20BrNO3. The van der Waals surface area contributed by atoms with Gasteiger partial charge in [-0.05, 0) is 34.3 Å². The molecule has 5 heteroatoms. The van der Waals surface area contributed by atoms with E-state index < -0.39 is 4.92 Å². The van der Waals surface area contributed by atoms with Crippen LogP contribution < -0.4 is 4.74 Å². The van der Waals surface area contributed by atoms with E-state index in [1.165, 1.54) is 25.0 Å². The van der Waals surface area contributed by atoms with E-state index in [1.807, 2.05) is 0 Å². The summed E-state index contributed by atoms with van der Waals surface area (Å²) in [5.41, 5.74) is 0.0554. The number of hydrogen-bond donors (Lipinski definition) is 0. The van der Waals surface area contributed by atoms with Gasteiger partial charge in [0.2, 0.25) is 0 Å². The molecule has 0 amide bonds. The van der Waals surface area contributed by atoms with E-state index in [0.717, 1.165) is 17.3 Å². The van der Waals surface area contributed by atoms with Crippen molar-refractivity contribution in [3.8, 4) is 5.75 Å². The van der Waals surface area contributed by atoms with Gasteiger partial charge in [-0.15, -0.1) is 0 Å². The second-order valence-corrected chi connectivity index (χ2v) is 5.45. The third-order valence-corrected chi connectivity index (χ3v) is 3.80. The number of halogens is 1. The van der Waals surface area contributed by atoms with Crippen LogP contribution in [0.1, 0.15) is 39.5 Å². The van der Waals surface area contributed by atoms with Gasteiger partial charge in [-0.25, -0.2) is 0 Å². The van der Waals surface area contributed by atoms with Crippen LogP contribution in [0.2, 0.25) is 0 Å². The molecule has 0 heterocycles. The Kier molecular flexibility index (Phi) is 6.84. The first-order valence-corrected chi connectivity index (χ1v) is 7.44. The second kappa shape index (κ2) is 8.15. The van der Waals surface area contributed by atoms with Crippen molar-refractivity contribution in [3.05, 3.63) is 32.8 Å². The molecule has 0 aromatic heterocycles. The summed E-state index contributed by atoms with van der Waals surface area (Å²) in [6.07, 6.45) is 4.57. The molecule has 19 heavy (non-hydrogen) atoms. The summed E-state index contributed by atoms with van der Waals surface area (Å²) in [4.78, 5) is 10.3. The van der Waals surface area contributed by atoms with E-state index in [2.05, 4.69) is 29.8 Å². The van der Waals surface area contributed by atoms with Gasteiger partial charge in [-0.1, -0.05) is 33.1 Å². The molecule has 0 bridgehead atoms. The minimum atomic E-state index is -0.409. The zero-order chi connectivity index (χ0) is 14.3. The normalized spacial score (nSPS) is 12.2. The Morgan fingerprint density at radius 3 is 2.74 bits per heavy atom. The van der Waals surface area contributed by atoms with Gasteiger partial charge < -0.3 is 4.74 Å². The van der Waals surface area contributed by atoms with Crippen molar-refractivity contribution in [2.24, 2.45) is 5.92 Å². The van der Waals surface area contributed by atoms with Crippen LogP contribution in [0.3, 0.4) is 0 Å². The molecule has 1 rings (SSSR count). The highest BCUT2D eigenvalue weighted by Gasteiger charge is 2.12. The summed E-state index contributed by atoms with van der Waals surface area (Å²) in [6, 6.07) is 4.59. The highest BCUT2D eigenvalue weighted by Crippen LogP contribution is 2.30. The third kappa shape index (κ3) is 5.19. The minimum absolute atomic E-state index is 0.0554. The average molecular weight is 330 g/mol. The first-order valence-electron chi connectivity index (χ1n) is 6.65. The predicted octanol–water partition coefficient (Wildman–Crippen LogP) is 4.95. The second-order valence-electron chi connectivity index (χ2n) is 4.60. The van der Waals surface area contributed by atoms with E-state index in [0.29, 0.717) is 18.3 Å². The first-order chi connectivity index (χ1) is 9.08. The summed E-state index contributed by atoms with van der Waals surface area (Å²) in [5.74, 6) is 1.05. The number of nitro groups is 1. The van der Waals surface area contributed by atoms with Crippen LogP contribution in [0.25, 0.3) is 0 Å². The predicted molar refractivity (Wildman–Crippen MR) is 79.6 cm³/mol. The Bertz CT molecular complexity index is 423. The van der Waals surface area contributed by atoms with Crippen LogP contribution in [0.4, 0.5) is 5.69 Å². The molecule has 0 saturated carbocycles. The molecule has 106 valence electrons. The monoisotopic (exact) mass is 329 g/mol. The highest BCUT2D eigenvalue weighted by molar-refractivity contribution is 9.10. The molecule has 0 saturated heterocycles. The van der Waals surface area contributed by atoms with Crippen LogP contribution in [0.15, 0.2) is 22.7 Å². The number of non-ortho nitro benzene ring substituents is 1. The van der Waals surface area contributed by atoms with Gasteiger partial charge in [0.1, 0.15) is 5.75 Å². The number of benzene rings is 1. The van der Waals surface area contributed by atoms with Gasteiger partial charge in [0.05, 0.1) is 22.1 Å². The lowest BCUT2D eigenvalue weighted by Crippen LogP contribution is -2.11. The van der Waals surface area contributed by atoms with E-state index >= 15 is 0 Å². The van der Waals surface area contributed by atoms with Crippen molar-refractivity contribution < 1.29 is 9.66 Å². The number of nitrogens with zero attached hydrogens (tertiary/aromatic N) is 1. The van der Waals surface area contributed by atoms with Crippen molar-refractivity contribution in [2.45, 2.75) is 39.5 Å². The van der Waals surface area contributed by atoms with E-state index in [9.17, 15) is 10.1 Å². The lowest BCUT2D eigenvalue weighted by Gasteiger charge is -2.16. The van der Waals surface area contributed by atoms with Crippen molar-refractivity contribution in [1.29, 1.82) is 0 Å². The molecule has 0 aliphatic carbocycles.